The van der Waals surface area contributed by atoms with Crippen LogP contribution in [-0.4, -0.2) is 37.8 Å². The molecule has 1 aliphatic rings. The lowest BCUT2D eigenvalue weighted by Gasteiger charge is -2.16. The largest absolute Gasteiger partial charge is 0.493 e. The van der Waals surface area contributed by atoms with Gasteiger partial charge in [-0.1, -0.05) is 22.9 Å². The van der Waals surface area contributed by atoms with Crippen LogP contribution in [0.1, 0.15) is 17.7 Å². The Hall–Kier alpha value is -3.81. The molecule has 0 aliphatic carbocycles. The van der Waals surface area contributed by atoms with Crippen LogP contribution in [0.25, 0.3) is 11.3 Å². The Morgan fingerprint density at radius 1 is 1.09 bits per heavy atom. The summed E-state index contributed by atoms with van der Waals surface area (Å²) >= 11 is 0. The molecule has 166 valence electrons. The van der Waals surface area contributed by atoms with E-state index in [0.717, 1.165) is 16.8 Å². The fourth-order valence-electron chi connectivity index (χ4n) is 3.61. The number of nitrogens with zero attached hydrogens (tertiary/aromatic N) is 2. The van der Waals surface area contributed by atoms with Crippen LogP contribution in [0.5, 0.6) is 11.5 Å². The number of methoxy groups -OCH3 is 2. The van der Waals surface area contributed by atoms with E-state index in [1.54, 1.807) is 37.3 Å². The number of hydrogen-bond acceptors (Lipinski definition) is 7. The number of carbonyl (C=O) groups excluding carboxylic acids is 2. The number of benzene rings is 2. The number of aromatic nitrogens is 1. The van der Waals surface area contributed by atoms with Crippen molar-refractivity contribution in [1.29, 1.82) is 0 Å². The van der Waals surface area contributed by atoms with E-state index in [1.807, 2.05) is 37.3 Å². The zero-order valence-corrected chi connectivity index (χ0v) is 18.2. The van der Waals surface area contributed by atoms with Crippen LogP contribution in [0.2, 0.25) is 0 Å². The summed E-state index contributed by atoms with van der Waals surface area (Å²) in [6.07, 6.45) is 0.127. The molecule has 1 aliphatic heterocycles. The SMILES string of the molecule is COc1ccc(-c2cc(COC(=O)C3CC(=O)N(c4ccc(C)cc4)C3)no2)cc1OC. The summed E-state index contributed by atoms with van der Waals surface area (Å²) in [6, 6.07) is 14.7. The van der Waals surface area contributed by atoms with Gasteiger partial charge in [-0.25, -0.2) is 0 Å². The van der Waals surface area contributed by atoms with Gasteiger partial charge in [0.2, 0.25) is 5.91 Å². The molecule has 4 rings (SSSR count). The quantitative estimate of drug-likeness (QED) is 0.521. The molecule has 2 heterocycles. The highest BCUT2D eigenvalue weighted by molar-refractivity contribution is 5.99. The zero-order valence-electron chi connectivity index (χ0n) is 18.2. The van der Waals surface area contributed by atoms with Gasteiger partial charge in [0.15, 0.2) is 17.3 Å². The maximum Gasteiger partial charge on any atom is 0.311 e. The first-order chi connectivity index (χ1) is 15.5. The monoisotopic (exact) mass is 436 g/mol. The molecule has 1 atom stereocenters. The summed E-state index contributed by atoms with van der Waals surface area (Å²) in [7, 11) is 3.12. The Balaban J connectivity index is 1.36. The van der Waals surface area contributed by atoms with Crippen LogP contribution in [0.3, 0.4) is 0 Å². The van der Waals surface area contributed by atoms with E-state index in [-0.39, 0.29) is 18.9 Å². The standard InChI is InChI=1S/C24H24N2O6/c1-15-4-7-19(8-5-15)26-13-17(11-23(26)27)24(28)31-14-18-12-21(32-25-18)16-6-9-20(29-2)22(10-16)30-3/h4-10,12,17H,11,13-14H2,1-3H3. The van der Waals surface area contributed by atoms with Gasteiger partial charge in [-0.15, -0.1) is 0 Å². The number of ether oxygens (including phenoxy) is 3. The highest BCUT2D eigenvalue weighted by atomic mass is 16.5. The van der Waals surface area contributed by atoms with Crippen molar-refractivity contribution < 1.29 is 28.3 Å². The molecular formula is C24H24N2O6. The molecule has 0 N–H and O–H groups in total. The van der Waals surface area contributed by atoms with Crippen LogP contribution in [0.4, 0.5) is 5.69 Å². The van der Waals surface area contributed by atoms with Crippen LogP contribution >= 0.6 is 0 Å². The Kier molecular flexibility index (Phi) is 6.11. The molecule has 8 heteroatoms. The average Bonchev–Trinajstić information content (AvgIpc) is 3.44. The van der Waals surface area contributed by atoms with E-state index in [1.165, 1.54) is 0 Å². The number of carbonyl (C=O) groups is 2. The molecule has 1 amide bonds. The first-order valence-electron chi connectivity index (χ1n) is 10.2. The second-order valence-corrected chi connectivity index (χ2v) is 7.60. The van der Waals surface area contributed by atoms with Crippen molar-refractivity contribution in [1.82, 2.24) is 5.16 Å². The van der Waals surface area contributed by atoms with Crippen molar-refractivity contribution >= 4 is 17.6 Å². The van der Waals surface area contributed by atoms with Crippen molar-refractivity contribution in [3.05, 3.63) is 59.8 Å². The molecule has 1 aromatic heterocycles. The molecule has 8 nitrogen and oxygen atoms in total. The van der Waals surface area contributed by atoms with E-state index in [4.69, 9.17) is 18.7 Å². The van der Waals surface area contributed by atoms with Gasteiger partial charge in [-0.2, -0.15) is 0 Å². The van der Waals surface area contributed by atoms with Crippen LogP contribution in [0.15, 0.2) is 53.1 Å². The first kappa shape index (κ1) is 21.4. The first-order valence-corrected chi connectivity index (χ1v) is 10.2. The van der Waals surface area contributed by atoms with Crippen molar-refractivity contribution in [3.8, 4) is 22.8 Å². The van der Waals surface area contributed by atoms with Crippen LogP contribution < -0.4 is 14.4 Å². The fraction of sp³-hybridized carbons (Fsp3) is 0.292. The Morgan fingerprint density at radius 3 is 2.56 bits per heavy atom. The third-order valence-corrected chi connectivity index (χ3v) is 5.39. The smallest absolute Gasteiger partial charge is 0.311 e. The molecule has 1 fully saturated rings. The number of anilines is 1. The summed E-state index contributed by atoms with van der Waals surface area (Å²) < 4.78 is 21.3. The lowest BCUT2D eigenvalue weighted by molar-refractivity contribution is -0.149. The van der Waals surface area contributed by atoms with Gasteiger partial charge < -0.3 is 23.6 Å². The Labute approximate surface area is 185 Å². The minimum atomic E-state index is -0.513. The third-order valence-electron chi connectivity index (χ3n) is 5.39. The number of aryl methyl sites for hydroxylation is 1. The predicted molar refractivity (Wildman–Crippen MR) is 116 cm³/mol. The normalized spacial score (nSPS) is 15.7. The maximum absolute atomic E-state index is 12.5. The molecule has 0 spiro atoms. The lowest BCUT2D eigenvalue weighted by Crippen LogP contribution is -2.26. The number of hydrogen-bond donors (Lipinski definition) is 0. The Morgan fingerprint density at radius 2 is 1.84 bits per heavy atom. The second kappa shape index (κ2) is 9.13. The van der Waals surface area contributed by atoms with Crippen molar-refractivity contribution in [2.45, 2.75) is 20.0 Å². The van der Waals surface area contributed by atoms with Crippen molar-refractivity contribution in [3.63, 3.8) is 0 Å². The topological polar surface area (TPSA) is 91.1 Å². The van der Waals surface area contributed by atoms with Gasteiger partial charge in [-0.05, 0) is 37.3 Å². The van der Waals surface area contributed by atoms with Gasteiger partial charge in [0.1, 0.15) is 12.3 Å². The minimum Gasteiger partial charge on any atom is -0.493 e. The van der Waals surface area contributed by atoms with Gasteiger partial charge in [-0.3, -0.25) is 9.59 Å². The van der Waals surface area contributed by atoms with E-state index < -0.39 is 11.9 Å². The van der Waals surface area contributed by atoms with Gasteiger partial charge in [0.25, 0.3) is 0 Å². The molecule has 0 radical (unpaired) electrons. The zero-order chi connectivity index (χ0) is 22.7. The van der Waals surface area contributed by atoms with Gasteiger partial charge in [0.05, 0.1) is 20.1 Å². The minimum absolute atomic E-state index is 0.0369. The van der Waals surface area contributed by atoms with E-state index in [2.05, 4.69) is 5.16 Å². The van der Waals surface area contributed by atoms with E-state index in [9.17, 15) is 9.59 Å². The maximum atomic E-state index is 12.5. The van der Waals surface area contributed by atoms with Gasteiger partial charge >= 0.3 is 5.97 Å². The average molecular weight is 436 g/mol. The summed E-state index contributed by atoms with van der Waals surface area (Å²) in [5, 5.41) is 3.97. The summed E-state index contributed by atoms with van der Waals surface area (Å²) in [6.45, 7) is 2.25. The number of esters is 1. The molecule has 2 aromatic carbocycles. The molecule has 0 saturated carbocycles. The van der Waals surface area contributed by atoms with Gasteiger partial charge in [0, 0.05) is 30.3 Å². The molecule has 0 bridgehead atoms. The predicted octanol–water partition coefficient (Wildman–Crippen LogP) is 3.76. The lowest BCUT2D eigenvalue weighted by atomic mass is 10.1. The van der Waals surface area contributed by atoms with Crippen molar-refractivity contribution in [2.24, 2.45) is 5.92 Å². The van der Waals surface area contributed by atoms with Crippen LogP contribution in [-0.2, 0) is 20.9 Å². The highest BCUT2D eigenvalue weighted by Gasteiger charge is 2.36. The van der Waals surface area contributed by atoms with E-state index >= 15 is 0 Å². The Bertz CT molecular complexity index is 1120. The molecule has 1 unspecified atom stereocenters. The van der Waals surface area contributed by atoms with Crippen LogP contribution in [0, 0.1) is 12.8 Å². The third kappa shape index (κ3) is 4.44. The fourth-order valence-corrected chi connectivity index (χ4v) is 3.61. The second-order valence-electron chi connectivity index (χ2n) is 7.60. The summed E-state index contributed by atoms with van der Waals surface area (Å²) in [5.41, 5.74) is 3.12. The highest BCUT2D eigenvalue weighted by Crippen LogP contribution is 2.32. The molecule has 1 saturated heterocycles. The summed E-state index contributed by atoms with van der Waals surface area (Å²) in [5.74, 6) is 0.658. The molecular weight excluding hydrogens is 412 g/mol. The van der Waals surface area contributed by atoms with E-state index in [0.29, 0.717) is 29.5 Å². The number of amides is 1. The molecule has 3 aromatic rings. The molecule has 32 heavy (non-hydrogen) atoms. The summed E-state index contributed by atoms with van der Waals surface area (Å²) in [4.78, 5) is 26.5. The van der Waals surface area contributed by atoms with Crippen molar-refractivity contribution in [2.75, 3.05) is 25.7 Å². The number of rotatable bonds is 7.